The monoisotopic (exact) mass is 430 g/mol. The number of aryl methyl sites for hydroxylation is 1. The van der Waals surface area contributed by atoms with Crippen LogP contribution in [0.2, 0.25) is 0 Å². The molecule has 1 heterocycles. The number of guanidine groups is 1. The normalized spacial score (nSPS) is 13.8. The summed E-state index contributed by atoms with van der Waals surface area (Å²) in [5.74, 6) is 1.38. The van der Waals surface area contributed by atoms with Gasteiger partial charge >= 0.3 is 0 Å². The fourth-order valence-electron chi connectivity index (χ4n) is 3.49. The molecule has 0 saturated heterocycles. The van der Waals surface area contributed by atoms with Gasteiger partial charge < -0.3 is 15.4 Å². The lowest BCUT2D eigenvalue weighted by molar-refractivity contribution is 0.409. The molecular formula is C22H30N4O3S. The smallest absolute Gasteiger partial charge is 0.236 e. The van der Waals surface area contributed by atoms with Crippen molar-refractivity contribution in [1.29, 1.82) is 0 Å². The van der Waals surface area contributed by atoms with Crippen LogP contribution in [0.3, 0.4) is 0 Å². The molecule has 0 spiro atoms. The SMILES string of the molecule is CCNC(=NCc1ccc(C)cc1OC)NCCS(=O)(=O)N1CCc2ccccc21. The van der Waals surface area contributed by atoms with E-state index in [1.165, 1.54) is 4.31 Å². The number of benzene rings is 2. The average Bonchev–Trinajstić information content (AvgIpc) is 3.17. The van der Waals surface area contributed by atoms with Gasteiger partial charge in [-0.3, -0.25) is 4.31 Å². The average molecular weight is 431 g/mol. The second-order valence-corrected chi connectivity index (χ2v) is 9.22. The maximum atomic E-state index is 12.8. The summed E-state index contributed by atoms with van der Waals surface area (Å²) in [5, 5.41) is 6.30. The van der Waals surface area contributed by atoms with E-state index in [1.807, 2.05) is 56.3 Å². The van der Waals surface area contributed by atoms with Gasteiger partial charge in [-0.15, -0.1) is 0 Å². The van der Waals surface area contributed by atoms with Gasteiger partial charge in [0.25, 0.3) is 0 Å². The van der Waals surface area contributed by atoms with Crippen molar-refractivity contribution in [3.63, 3.8) is 0 Å². The predicted molar refractivity (Wildman–Crippen MR) is 122 cm³/mol. The Morgan fingerprint density at radius 3 is 2.77 bits per heavy atom. The van der Waals surface area contributed by atoms with E-state index in [0.29, 0.717) is 25.6 Å². The molecule has 7 nitrogen and oxygen atoms in total. The molecule has 0 radical (unpaired) electrons. The molecule has 0 aliphatic carbocycles. The molecule has 2 aromatic carbocycles. The number of nitrogens with one attached hydrogen (secondary N) is 2. The lowest BCUT2D eigenvalue weighted by atomic mass is 10.1. The summed E-state index contributed by atoms with van der Waals surface area (Å²) in [6, 6.07) is 13.7. The van der Waals surface area contributed by atoms with Crippen molar-refractivity contribution in [3.05, 3.63) is 59.2 Å². The highest BCUT2D eigenvalue weighted by Crippen LogP contribution is 2.29. The fraction of sp³-hybridized carbons (Fsp3) is 0.409. The summed E-state index contributed by atoms with van der Waals surface area (Å²) in [6.07, 6.45) is 0.755. The van der Waals surface area contributed by atoms with E-state index in [2.05, 4.69) is 15.6 Å². The summed E-state index contributed by atoms with van der Waals surface area (Å²) in [5.41, 5.74) is 3.97. The standard InChI is InChI=1S/C22H30N4O3S/c1-4-23-22(25-16-19-10-9-17(2)15-21(19)29-3)24-12-14-30(27,28)26-13-11-18-7-5-6-8-20(18)26/h5-10,15H,4,11-14,16H2,1-3H3,(H2,23,24,25). The molecule has 1 aliphatic heterocycles. The zero-order valence-corrected chi connectivity index (χ0v) is 18.6. The first kappa shape index (κ1) is 22.0. The number of fused-ring (bicyclic) bond motifs is 1. The van der Waals surface area contributed by atoms with Crippen LogP contribution in [-0.2, 0) is 23.0 Å². The van der Waals surface area contributed by atoms with Crippen LogP contribution in [0.1, 0.15) is 23.6 Å². The Kier molecular flexibility index (Phi) is 7.20. The van der Waals surface area contributed by atoms with Crippen molar-refractivity contribution in [2.75, 3.05) is 36.8 Å². The van der Waals surface area contributed by atoms with Gasteiger partial charge in [0.1, 0.15) is 5.75 Å². The Balaban J connectivity index is 1.62. The molecule has 0 unspecified atom stereocenters. The highest BCUT2D eigenvalue weighted by atomic mass is 32.2. The summed E-state index contributed by atoms with van der Waals surface area (Å²) in [4.78, 5) is 4.58. The number of methoxy groups -OCH3 is 1. The van der Waals surface area contributed by atoms with Crippen molar-refractivity contribution >= 4 is 21.7 Å². The summed E-state index contributed by atoms with van der Waals surface area (Å²) in [7, 11) is -1.75. The largest absolute Gasteiger partial charge is 0.496 e. The third-order valence-corrected chi connectivity index (χ3v) is 6.80. The van der Waals surface area contributed by atoms with Gasteiger partial charge in [-0.05, 0) is 43.5 Å². The Hall–Kier alpha value is -2.74. The van der Waals surface area contributed by atoms with Gasteiger partial charge in [-0.2, -0.15) is 0 Å². The van der Waals surface area contributed by atoms with E-state index in [1.54, 1.807) is 7.11 Å². The third-order valence-electron chi connectivity index (χ3n) is 5.03. The Morgan fingerprint density at radius 2 is 2.00 bits per heavy atom. The van der Waals surface area contributed by atoms with Gasteiger partial charge in [0.05, 0.1) is 25.1 Å². The van der Waals surface area contributed by atoms with Crippen molar-refractivity contribution in [2.24, 2.45) is 4.99 Å². The number of anilines is 1. The molecule has 0 aromatic heterocycles. The second-order valence-electron chi connectivity index (χ2n) is 7.20. The quantitative estimate of drug-likeness (QED) is 0.497. The van der Waals surface area contributed by atoms with Crippen LogP contribution in [0, 0.1) is 6.92 Å². The molecule has 30 heavy (non-hydrogen) atoms. The first-order chi connectivity index (χ1) is 14.4. The molecule has 0 saturated carbocycles. The van der Waals surface area contributed by atoms with Crippen LogP contribution >= 0.6 is 0 Å². The Labute approximate surface area is 179 Å². The van der Waals surface area contributed by atoms with Crippen LogP contribution in [0.15, 0.2) is 47.5 Å². The van der Waals surface area contributed by atoms with E-state index in [4.69, 9.17) is 4.74 Å². The van der Waals surface area contributed by atoms with Gasteiger partial charge in [0.15, 0.2) is 5.96 Å². The topological polar surface area (TPSA) is 83.0 Å². The number of rotatable bonds is 8. The van der Waals surface area contributed by atoms with E-state index < -0.39 is 10.0 Å². The summed E-state index contributed by atoms with van der Waals surface area (Å²) < 4.78 is 32.6. The lowest BCUT2D eigenvalue weighted by Crippen LogP contribution is -2.42. The molecule has 2 N–H and O–H groups in total. The molecule has 0 amide bonds. The molecule has 3 rings (SSSR count). The zero-order chi connectivity index (χ0) is 21.6. The van der Waals surface area contributed by atoms with E-state index >= 15 is 0 Å². The van der Waals surface area contributed by atoms with Gasteiger partial charge in [-0.1, -0.05) is 30.3 Å². The van der Waals surface area contributed by atoms with Crippen LogP contribution in [0.4, 0.5) is 5.69 Å². The fourth-order valence-corrected chi connectivity index (χ4v) is 4.92. The minimum atomic E-state index is -3.40. The van der Waals surface area contributed by atoms with Gasteiger partial charge in [0, 0.05) is 25.2 Å². The van der Waals surface area contributed by atoms with E-state index in [9.17, 15) is 8.42 Å². The number of hydrogen-bond donors (Lipinski definition) is 2. The minimum Gasteiger partial charge on any atom is -0.496 e. The number of sulfonamides is 1. The number of aliphatic imine (C=N–C) groups is 1. The number of hydrogen-bond acceptors (Lipinski definition) is 4. The summed E-state index contributed by atoms with van der Waals surface area (Å²) >= 11 is 0. The first-order valence-corrected chi connectivity index (χ1v) is 11.8. The van der Waals surface area contributed by atoms with Crippen molar-refractivity contribution in [2.45, 2.75) is 26.8 Å². The molecular weight excluding hydrogens is 400 g/mol. The third kappa shape index (κ3) is 5.24. The van der Waals surface area contributed by atoms with Crippen LogP contribution in [0.5, 0.6) is 5.75 Å². The molecule has 0 atom stereocenters. The first-order valence-electron chi connectivity index (χ1n) is 10.2. The van der Waals surface area contributed by atoms with E-state index in [0.717, 1.165) is 34.5 Å². The molecule has 8 heteroatoms. The molecule has 2 aromatic rings. The van der Waals surface area contributed by atoms with Gasteiger partial charge in [-0.25, -0.2) is 13.4 Å². The molecule has 0 fully saturated rings. The Bertz CT molecular complexity index is 1010. The molecule has 1 aliphatic rings. The number of ether oxygens (including phenoxy) is 1. The minimum absolute atomic E-state index is 0.000395. The molecule has 162 valence electrons. The number of nitrogens with zero attached hydrogens (tertiary/aromatic N) is 2. The van der Waals surface area contributed by atoms with Crippen LogP contribution in [-0.4, -0.2) is 46.9 Å². The van der Waals surface area contributed by atoms with Crippen molar-refractivity contribution in [3.8, 4) is 5.75 Å². The van der Waals surface area contributed by atoms with E-state index in [-0.39, 0.29) is 12.3 Å². The molecule has 0 bridgehead atoms. The highest BCUT2D eigenvalue weighted by Gasteiger charge is 2.28. The van der Waals surface area contributed by atoms with Crippen LogP contribution < -0.4 is 19.7 Å². The highest BCUT2D eigenvalue weighted by molar-refractivity contribution is 7.92. The maximum Gasteiger partial charge on any atom is 0.236 e. The predicted octanol–water partition coefficient (Wildman–Crippen LogP) is 2.45. The van der Waals surface area contributed by atoms with Gasteiger partial charge in [0.2, 0.25) is 10.0 Å². The summed E-state index contributed by atoms with van der Waals surface area (Å²) in [6.45, 7) is 5.89. The second kappa shape index (κ2) is 9.84. The lowest BCUT2D eigenvalue weighted by Gasteiger charge is -2.20. The van der Waals surface area contributed by atoms with Crippen molar-refractivity contribution < 1.29 is 13.2 Å². The maximum absolute atomic E-state index is 12.8. The van der Waals surface area contributed by atoms with Crippen LogP contribution in [0.25, 0.3) is 0 Å². The zero-order valence-electron chi connectivity index (χ0n) is 17.8. The Morgan fingerprint density at radius 1 is 1.20 bits per heavy atom. The van der Waals surface area contributed by atoms with Crippen molar-refractivity contribution in [1.82, 2.24) is 10.6 Å². The number of para-hydroxylation sites is 1.